The molecule has 5 atom stereocenters. The van der Waals surface area contributed by atoms with Crippen LogP contribution in [0.15, 0.2) is 18.3 Å². The van der Waals surface area contributed by atoms with Crippen LogP contribution in [0, 0.1) is 0 Å². The Morgan fingerprint density at radius 2 is 1.46 bits per heavy atom. The zero-order valence-electron chi connectivity index (χ0n) is 16.0. The van der Waals surface area contributed by atoms with Gasteiger partial charge in [0.25, 0.3) is 0 Å². The highest BCUT2D eigenvalue weighted by Crippen LogP contribution is 2.37. The summed E-state index contributed by atoms with van der Waals surface area (Å²) in [6, 6.07) is 3.41. The molecule has 1 N–H and O–H groups in total. The van der Waals surface area contributed by atoms with E-state index in [4.69, 9.17) is 23.7 Å². The van der Waals surface area contributed by atoms with Crippen LogP contribution in [0.2, 0.25) is 0 Å². The van der Waals surface area contributed by atoms with E-state index in [-0.39, 0.29) is 6.61 Å². The number of hydrogen-bond acceptors (Lipinski definition) is 9. The minimum absolute atomic E-state index is 0.255. The standard InChI is InChI=1S/C18H23NO9/c1-9(20)24-8-14-16(25-10(2)21)18(27-12(4)23)17(26-11(3)22)15(28-14)13-6-5-7-19-13/h5-7,14-19H,8H2,1-4H3/t14-,15-,16-,17-,18+/m1/s1. The molecule has 0 amide bonds. The van der Waals surface area contributed by atoms with Crippen LogP contribution in [0.1, 0.15) is 39.5 Å². The molecule has 154 valence electrons. The Labute approximate surface area is 161 Å². The van der Waals surface area contributed by atoms with Gasteiger partial charge in [-0.3, -0.25) is 19.2 Å². The van der Waals surface area contributed by atoms with Gasteiger partial charge in [0.1, 0.15) is 18.8 Å². The molecule has 2 rings (SSSR count). The lowest BCUT2D eigenvalue weighted by atomic mass is 9.92. The molecule has 1 aromatic rings. The third-order valence-electron chi connectivity index (χ3n) is 3.92. The average Bonchev–Trinajstić information content (AvgIpc) is 3.09. The molecule has 2 heterocycles. The monoisotopic (exact) mass is 397 g/mol. The summed E-state index contributed by atoms with van der Waals surface area (Å²) in [6.45, 7) is 4.51. The largest absolute Gasteiger partial charge is 0.463 e. The minimum atomic E-state index is -1.17. The summed E-state index contributed by atoms with van der Waals surface area (Å²) in [5.74, 6) is -2.54. The van der Waals surface area contributed by atoms with Gasteiger partial charge in [-0.2, -0.15) is 0 Å². The van der Waals surface area contributed by atoms with Gasteiger partial charge in [0.2, 0.25) is 0 Å². The van der Waals surface area contributed by atoms with E-state index in [0.29, 0.717) is 5.69 Å². The Morgan fingerprint density at radius 3 is 1.96 bits per heavy atom. The van der Waals surface area contributed by atoms with Gasteiger partial charge in [0, 0.05) is 39.6 Å². The normalized spacial score (nSPS) is 26.8. The molecule has 10 heteroatoms. The van der Waals surface area contributed by atoms with E-state index in [0.717, 1.165) is 0 Å². The summed E-state index contributed by atoms with van der Waals surface area (Å²) in [7, 11) is 0. The van der Waals surface area contributed by atoms with Gasteiger partial charge in [-0.1, -0.05) is 0 Å². The fourth-order valence-corrected chi connectivity index (χ4v) is 3.00. The maximum Gasteiger partial charge on any atom is 0.303 e. The van der Waals surface area contributed by atoms with Crippen molar-refractivity contribution in [3.63, 3.8) is 0 Å². The molecule has 0 aromatic carbocycles. The number of nitrogens with one attached hydrogen (secondary N) is 1. The number of carbonyl (C=O) groups excluding carboxylic acids is 4. The number of hydrogen-bond donors (Lipinski definition) is 1. The van der Waals surface area contributed by atoms with Gasteiger partial charge in [-0.15, -0.1) is 0 Å². The number of aromatic amines is 1. The summed E-state index contributed by atoms with van der Waals surface area (Å²) in [4.78, 5) is 49.2. The number of ether oxygens (including phenoxy) is 5. The van der Waals surface area contributed by atoms with E-state index in [2.05, 4.69) is 4.98 Å². The van der Waals surface area contributed by atoms with Crippen LogP contribution in [-0.4, -0.2) is 59.9 Å². The fraction of sp³-hybridized carbons (Fsp3) is 0.556. The molecule has 0 radical (unpaired) electrons. The maximum atomic E-state index is 11.7. The second-order valence-corrected chi connectivity index (χ2v) is 6.25. The third kappa shape index (κ3) is 5.56. The summed E-state index contributed by atoms with van der Waals surface area (Å²) in [5, 5.41) is 0. The van der Waals surface area contributed by atoms with Crippen LogP contribution >= 0.6 is 0 Å². The molecule has 1 aliphatic heterocycles. The van der Waals surface area contributed by atoms with Gasteiger partial charge in [-0.05, 0) is 12.1 Å². The minimum Gasteiger partial charge on any atom is -0.463 e. The quantitative estimate of drug-likeness (QED) is 0.547. The highest BCUT2D eigenvalue weighted by molar-refractivity contribution is 5.68. The van der Waals surface area contributed by atoms with E-state index in [1.165, 1.54) is 27.7 Å². The molecule has 28 heavy (non-hydrogen) atoms. The fourth-order valence-electron chi connectivity index (χ4n) is 3.00. The van der Waals surface area contributed by atoms with E-state index in [1.807, 2.05) is 0 Å². The van der Waals surface area contributed by atoms with Crippen molar-refractivity contribution in [2.75, 3.05) is 6.61 Å². The molecule has 0 spiro atoms. The third-order valence-corrected chi connectivity index (χ3v) is 3.92. The van der Waals surface area contributed by atoms with Crippen molar-refractivity contribution in [3.8, 4) is 0 Å². The number of rotatable bonds is 6. The Bertz CT molecular complexity index is 715. The maximum absolute atomic E-state index is 11.7. The van der Waals surface area contributed by atoms with Crippen LogP contribution in [0.3, 0.4) is 0 Å². The van der Waals surface area contributed by atoms with Crippen LogP contribution in [0.25, 0.3) is 0 Å². The van der Waals surface area contributed by atoms with Crippen LogP contribution in [0.5, 0.6) is 0 Å². The predicted molar refractivity (Wildman–Crippen MR) is 91.7 cm³/mol. The number of aromatic nitrogens is 1. The zero-order valence-corrected chi connectivity index (χ0v) is 16.0. The first-order valence-electron chi connectivity index (χ1n) is 8.62. The van der Waals surface area contributed by atoms with Crippen molar-refractivity contribution in [3.05, 3.63) is 24.0 Å². The molecular formula is C18H23NO9. The Morgan fingerprint density at radius 1 is 0.893 bits per heavy atom. The van der Waals surface area contributed by atoms with Gasteiger partial charge in [0.05, 0.1) is 0 Å². The summed E-state index contributed by atoms with van der Waals surface area (Å²) < 4.78 is 27.0. The Balaban J connectivity index is 2.45. The van der Waals surface area contributed by atoms with Gasteiger partial charge >= 0.3 is 23.9 Å². The van der Waals surface area contributed by atoms with E-state index in [1.54, 1.807) is 18.3 Å². The second kappa shape index (κ2) is 9.36. The van der Waals surface area contributed by atoms with Crippen LogP contribution in [-0.2, 0) is 42.9 Å². The molecule has 0 bridgehead atoms. The molecule has 1 aliphatic rings. The number of carbonyl (C=O) groups is 4. The summed E-state index contributed by atoms with van der Waals surface area (Å²) in [6.07, 6.45) is -3.63. The first-order valence-corrected chi connectivity index (χ1v) is 8.62. The van der Waals surface area contributed by atoms with Crippen molar-refractivity contribution in [2.45, 2.75) is 58.2 Å². The Kier molecular flexibility index (Phi) is 7.16. The second-order valence-electron chi connectivity index (χ2n) is 6.25. The summed E-state index contributed by atoms with van der Waals surface area (Å²) in [5.41, 5.74) is 0.539. The molecule has 0 aliphatic carbocycles. The van der Waals surface area contributed by atoms with Crippen LogP contribution < -0.4 is 0 Å². The van der Waals surface area contributed by atoms with E-state index >= 15 is 0 Å². The zero-order chi connectivity index (χ0) is 20.8. The average molecular weight is 397 g/mol. The van der Waals surface area contributed by atoms with Crippen molar-refractivity contribution in [2.24, 2.45) is 0 Å². The van der Waals surface area contributed by atoms with Crippen LogP contribution in [0.4, 0.5) is 0 Å². The molecule has 1 saturated heterocycles. The SMILES string of the molecule is CC(=O)OC[C@H]1O[C@H](c2ccc[nH]2)[C@@H](OC(C)=O)[C@@H](OC(C)=O)[C@@H]1OC(C)=O. The molecular weight excluding hydrogens is 374 g/mol. The predicted octanol–water partition coefficient (Wildman–Crippen LogP) is 0.813. The highest BCUT2D eigenvalue weighted by Gasteiger charge is 2.52. The van der Waals surface area contributed by atoms with Gasteiger partial charge < -0.3 is 28.7 Å². The molecule has 10 nitrogen and oxygen atoms in total. The number of esters is 4. The van der Waals surface area contributed by atoms with Gasteiger partial charge in [0.15, 0.2) is 18.3 Å². The molecule has 0 saturated carbocycles. The van der Waals surface area contributed by atoms with Crippen molar-refractivity contribution in [1.82, 2.24) is 4.98 Å². The molecule has 0 unspecified atom stereocenters. The lowest BCUT2D eigenvalue weighted by molar-refractivity contribution is -0.255. The number of H-pyrrole nitrogens is 1. The summed E-state index contributed by atoms with van der Waals surface area (Å²) >= 11 is 0. The molecule has 1 aromatic heterocycles. The lowest BCUT2D eigenvalue weighted by Gasteiger charge is -2.44. The smallest absolute Gasteiger partial charge is 0.303 e. The lowest BCUT2D eigenvalue weighted by Crippen LogP contribution is -2.59. The Hall–Kier alpha value is -2.88. The highest BCUT2D eigenvalue weighted by atomic mass is 16.7. The van der Waals surface area contributed by atoms with Crippen molar-refractivity contribution >= 4 is 23.9 Å². The topological polar surface area (TPSA) is 130 Å². The van der Waals surface area contributed by atoms with E-state index in [9.17, 15) is 19.2 Å². The van der Waals surface area contributed by atoms with Gasteiger partial charge in [-0.25, -0.2) is 0 Å². The molecule has 1 fully saturated rings. The van der Waals surface area contributed by atoms with Crippen molar-refractivity contribution < 1.29 is 42.9 Å². The van der Waals surface area contributed by atoms with E-state index < -0.39 is 54.4 Å². The first-order chi connectivity index (χ1) is 13.2. The van der Waals surface area contributed by atoms with Crippen molar-refractivity contribution in [1.29, 1.82) is 0 Å². The first kappa shape index (κ1) is 21.4.